The Morgan fingerprint density at radius 2 is 1.95 bits per heavy atom. The van der Waals surface area contributed by atoms with E-state index in [4.69, 9.17) is 5.11 Å². The van der Waals surface area contributed by atoms with Crippen molar-refractivity contribution >= 4 is 11.9 Å². The molecule has 21 heavy (non-hydrogen) atoms. The molecule has 1 aliphatic rings. The third-order valence-electron chi connectivity index (χ3n) is 4.08. The molecule has 0 spiro atoms. The van der Waals surface area contributed by atoms with Crippen LogP contribution in [0.15, 0.2) is 18.2 Å². The van der Waals surface area contributed by atoms with Gasteiger partial charge in [-0.25, -0.2) is 4.79 Å². The van der Waals surface area contributed by atoms with Gasteiger partial charge in [-0.2, -0.15) is 0 Å². The van der Waals surface area contributed by atoms with Gasteiger partial charge in [0.25, 0.3) is 5.91 Å². The summed E-state index contributed by atoms with van der Waals surface area (Å²) < 4.78 is 0. The second-order valence-electron chi connectivity index (χ2n) is 5.83. The fraction of sp³-hybridized carbons (Fsp3) is 0.529. The Labute approximate surface area is 125 Å². The van der Waals surface area contributed by atoms with Crippen molar-refractivity contribution in [3.8, 4) is 0 Å². The molecule has 1 N–H and O–H groups in total. The van der Waals surface area contributed by atoms with Crippen LogP contribution in [-0.2, 0) is 0 Å². The van der Waals surface area contributed by atoms with E-state index in [1.54, 1.807) is 12.1 Å². The fourth-order valence-electron chi connectivity index (χ4n) is 3.10. The number of benzene rings is 1. The van der Waals surface area contributed by atoms with E-state index in [-0.39, 0.29) is 11.5 Å². The van der Waals surface area contributed by atoms with Crippen LogP contribution in [0, 0.1) is 6.92 Å². The number of carbonyl (C=O) groups excluding carboxylic acids is 1. The van der Waals surface area contributed by atoms with Crippen LogP contribution in [0.5, 0.6) is 0 Å². The van der Waals surface area contributed by atoms with E-state index in [9.17, 15) is 9.59 Å². The van der Waals surface area contributed by atoms with Crippen molar-refractivity contribution in [2.45, 2.75) is 52.0 Å². The monoisotopic (exact) mass is 289 g/mol. The Kier molecular flexibility index (Phi) is 4.99. The highest BCUT2D eigenvalue weighted by atomic mass is 16.4. The highest BCUT2D eigenvalue weighted by molar-refractivity contribution is 5.98. The Bertz CT molecular complexity index is 537. The molecule has 4 nitrogen and oxygen atoms in total. The number of carboxylic acid groups (broad SMARTS) is 1. The van der Waals surface area contributed by atoms with Crippen molar-refractivity contribution in [2.75, 3.05) is 6.54 Å². The lowest BCUT2D eigenvalue weighted by molar-refractivity contribution is 0.0600. The predicted molar refractivity (Wildman–Crippen MR) is 81.7 cm³/mol. The number of hydrogen-bond donors (Lipinski definition) is 1. The molecule has 1 unspecified atom stereocenters. The lowest BCUT2D eigenvalue weighted by Crippen LogP contribution is -2.43. The average Bonchev–Trinajstić information content (AvgIpc) is 2.47. The van der Waals surface area contributed by atoms with Gasteiger partial charge >= 0.3 is 5.97 Å². The molecule has 1 amide bonds. The van der Waals surface area contributed by atoms with Crippen LogP contribution in [0.25, 0.3) is 0 Å². The smallest absolute Gasteiger partial charge is 0.335 e. The number of nitrogens with zero attached hydrogens (tertiary/aromatic N) is 1. The third kappa shape index (κ3) is 3.63. The largest absolute Gasteiger partial charge is 0.478 e. The number of aromatic carboxylic acids is 1. The van der Waals surface area contributed by atoms with E-state index < -0.39 is 5.97 Å². The van der Waals surface area contributed by atoms with E-state index in [0.29, 0.717) is 11.6 Å². The molecule has 114 valence electrons. The summed E-state index contributed by atoms with van der Waals surface area (Å²) in [5.74, 6) is -1.02. The van der Waals surface area contributed by atoms with Gasteiger partial charge in [-0.05, 0) is 56.4 Å². The summed E-state index contributed by atoms with van der Waals surface area (Å²) in [6.45, 7) is 4.73. The minimum Gasteiger partial charge on any atom is -0.478 e. The van der Waals surface area contributed by atoms with Crippen molar-refractivity contribution in [1.82, 2.24) is 4.90 Å². The lowest BCUT2D eigenvalue weighted by Gasteiger charge is -2.36. The zero-order valence-electron chi connectivity index (χ0n) is 12.8. The van der Waals surface area contributed by atoms with Crippen LogP contribution in [0.2, 0.25) is 0 Å². The minimum absolute atomic E-state index is 0.0284. The Hall–Kier alpha value is -1.84. The van der Waals surface area contributed by atoms with Gasteiger partial charge in [0, 0.05) is 18.2 Å². The SMILES string of the molecule is CCCC1CCCCN1C(=O)c1cc(C)cc(C(=O)O)c1. The van der Waals surface area contributed by atoms with Gasteiger partial charge in [-0.1, -0.05) is 13.3 Å². The molecule has 1 aromatic rings. The molecule has 1 aliphatic heterocycles. The summed E-state index contributed by atoms with van der Waals surface area (Å²) >= 11 is 0. The Morgan fingerprint density at radius 3 is 2.62 bits per heavy atom. The van der Waals surface area contributed by atoms with Crippen molar-refractivity contribution in [2.24, 2.45) is 0 Å². The second-order valence-corrected chi connectivity index (χ2v) is 5.83. The first kappa shape index (κ1) is 15.5. The molecule has 0 aromatic heterocycles. The average molecular weight is 289 g/mol. The molecular weight excluding hydrogens is 266 g/mol. The number of hydrogen-bond acceptors (Lipinski definition) is 2. The van der Waals surface area contributed by atoms with Crippen LogP contribution in [0.3, 0.4) is 0 Å². The number of rotatable bonds is 4. The Balaban J connectivity index is 2.27. The zero-order chi connectivity index (χ0) is 15.4. The number of carbonyl (C=O) groups is 2. The molecule has 1 aromatic carbocycles. The van der Waals surface area contributed by atoms with Crippen LogP contribution < -0.4 is 0 Å². The van der Waals surface area contributed by atoms with Gasteiger partial charge in [0.1, 0.15) is 0 Å². The predicted octanol–water partition coefficient (Wildman–Crippen LogP) is 3.49. The highest BCUT2D eigenvalue weighted by Crippen LogP contribution is 2.23. The zero-order valence-corrected chi connectivity index (χ0v) is 12.8. The number of amides is 1. The van der Waals surface area contributed by atoms with E-state index in [2.05, 4.69) is 6.92 Å². The van der Waals surface area contributed by atoms with Crippen LogP contribution in [-0.4, -0.2) is 34.5 Å². The van der Waals surface area contributed by atoms with E-state index >= 15 is 0 Å². The summed E-state index contributed by atoms with van der Waals surface area (Å²) in [6.07, 6.45) is 5.33. The number of aryl methyl sites for hydroxylation is 1. The minimum atomic E-state index is -0.989. The number of likely N-dealkylation sites (tertiary alicyclic amines) is 1. The van der Waals surface area contributed by atoms with E-state index in [0.717, 1.165) is 37.8 Å². The van der Waals surface area contributed by atoms with Crippen molar-refractivity contribution in [1.29, 1.82) is 0 Å². The van der Waals surface area contributed by atoms with Crippen molar-refractivity contribution < 1.29 is 14.7 Å². The molecule has 0 bridgehead atoms. The molecule has 2 rings (SSSR count). The van der Waals surface area contributed by atoms with E-state index in [1.165, 1.54) is 12.5 Å². The maximum Gasteiger partial charge on any atom is 0.335 e. The van der Waals surface area contributed by atoms with E-state index in [1.807, 2.05) is 11.8 Å². The quantitative estimate of drug-likeness (QED) is 0.923. The Morgan fingerprint density at radius 1 is 1.24 bits per heavy atom. The summed E-state index contributed by atoms with van der Waals surface area (Å²) in [5, 5.41) is 9.14. The van der Waals surface area contributed by atoms with Gasteiger partial charge in [-0.15, -0.1) is 0 Å². The number of carboxylic acids is 1. The summed E-state index contributed by atoms with van der Waals surface area (Å²) in [4.78, 5) is 25.8. The van der Waals surface area contributed by atoms with Crippen LogP contribution in [0.4, 0.5) is 0 Å². The fourth-order valence-corrected chi connectivity index (χ4v) is 3.10. The normalized spacial score (nSPS) is 18.6. The summed E-state index contributed by atoms with van der Waals surface area (Å²) in [5.41, 5.74) is 1.49. The lowest BCUT2D eigenvalue weighted by atomic mass is 9.96. The van der Waals surface area contributed by atoms with Gasteiger partial charge < -0.3 is 10.0 Å². The first-order chi connectivity index (χ1) is 10.0. The standard InChI is InChI=1S/C17H23NO3/c1-3-6-15-7-4-5-8-18(15)16(19)13-9-12(2)10-14(11-13)17(20)21/h9-11,15H,3-8H2,1-2H3,(H,20,21). The molecule has 0 saturated carbocycles. The first-order valence-corrected chi connectivity index (χ1v) is 7.69. The number of piperidine rings is 1. The van der Waals surface area contributed by atoms with Gasteiger partial charge in [0.05, 0.1) is 5.56 Å². The van der Waals surface area contributed by atoms with Gasteiger partial charge in [-0.3, -0.25) is 4.79 Å². The molecule has 0 aliphatic carbocycles. The molecule has 1 saturated heterocycles. The van der Waals surface area contributed by atoms with Gasteiger partial charge in [0.15, 0.2) is 0 Å². The van der Waals surface area contributed by atoms with Gasteiger partial charge in [0.2, 0.25) is 0 Å². The van der Waals surface area contributed by atoms with Crippen molar-refractivity contribution in [3.63, 3.8) is 0 Å². The third-order valence-corrected chi connectivity index (χ3v) is 4.08. The molecule has 4 heteroatoms. The molecular formula is C17H23NO3. The molecule has 0 radical (unpaired) electrons. The maximum absolute atomic E-state index is 12.7. The van der Waals surface area contributed by atoms with Crippen LogP contribution >= 0.6 is 0 Å². The maximum atomic E-state index is 12.7. The van der Waals surface area contributed by atoms with Crippen LogP contribution in [0.1, 0.15) is 65.3 Å². The molecule has 1 fully saturated rings. The summed E-state index contributed by atoms with van der Waals surface area (Å²) in [7, 11) is 0. The summed E-state index contributed by atoms with van der Waals surface area (Å²) in [6, 6.07) is 5.17. The topological polar surface area (TPSA) is 57.6 Å². The van der Waals surface area contributed by atoms with Crippen molar-refractivity contribution in [3.05, 3.63) is 34.9 Å². The highest BCUT2D eigenvalue weighted by Gasteiger charge is 2.27. The second kappa shape index (κ2) is 6.74. The molecule has 1 atom stereocenters. The molecule has 1 heterocycles. The first-order valence-electron chi connectivity index (χ1n) is 7.69.